The maximum Gasteiger partial charge on any atom is 0.293 e. The summed E-state index contributed by atoms with van der Waals surface area (Å²) in [6.45, 7) is 4.07. The van der Waals surface area contributed by atoms with Crippen LogP contribution in [-0.2, 0) is 11.3 Å². The molecule has 0 aliphatic carbocycles. The lowest BCUT2D eigenvalue weighted by Crippen LogP contribution is -2.27. The number of amides is 2. The number of aryl methyl sites for hydroxylation is 1. The maximum atomic E-state index is 13.0. The van der Waals surface area contributed by atoms with Crippen molar-refractivity contribution < 1.29 is 24.0 Å². The molecule has 172 valence electrons. The molecule has 10 heteroatoms. The van der Waals surface area contributed by atoms with Crippen molar-refractivity contribution in [2.45, 2.75) is 20.4 Å². The average Bonchev–Trinajstić information content (AvgIpc) is 3.46. The van der Waals surface area contributed by atoms with Gasteiger partial charge in [0.25, 0.3) is 16.8 Å². The van der Waals surface area contributed by atoms with Crippen molar-refractivity contribution in [1.82, 2.24) is 9.47 Å². The Morgan fingerprint density at radius 3 is 2.68 bits per heavy atom. The number of imide groups is 1. The van der Waals surface area contributed by atoms with Gasteiger partial charge in [0.1, 0.15) is 0 Å². The summed E-state index contributed by atoms with van der Waals surface area (Å²) >= 11 is 0.861. The fourth-order valence-corrected chi connectivity index (χ4v) is 4.91. The highest BCUT2D eigenvalue weighted by atomic mass is 32.2. The number of ether oxygens (including phenoxy) is 2. The fraction of sp³-hybridized carbons (Fsp3) is 0.167. The molecule has 34 heavy (non-hydrogen) atoms. The zero-order valence-electron chi connectivity index (χ0n) is 18.3. The summed E-state index contributed by atoms with van der Waals surface area (Å²) in [5, 5.41) is 10.6. The first-order valence-corrected chi connectivity index (χ1v) is 11.2. The van der Waals surface area contributed by atoms with Crippen LogP contribution < -0.4 is 9.47 Å². The lowest BCUT2D eigenvalue weighted by Gasteiger charge is -2.12. The number of hydrogen-bond donors (Lipinski definition) is 0. The molecular weight excluding hydrogens is 458 g/mol. The van der Waals surface area contributed by atoms with Gasteiger partial charge in [0.2, 0.25) is 6.79 Å². The third kappa shape index (κ3) is 3.81. The second-order valence-electron chi connectivity index (χ2n) is 7.89. The lowest BCUT2D eigenvalue weighted by atomic mass is 10.2. The van der Waals surface area contributed by atoms with Gasteiger partial charge in [-0.3, -0.25) is 24.6 Å². The Balaban J connectivity index is 1.42. The zero-order valence-corrected chi connectivity index (χ0v) is 19.1. The van der Waals surface area contributed by atoms with Gasteiger partial charge in [-0.15, -0.1) is 0 Å². The quantitative estimate of drug-likeness (QED) is 0.290. The van der Waals surface area contributed by atoms with Crippen LogP contribution in [0.5, 0.6) is 11.5 Å². The molecule has 1 fully saturated rings. The molecule has 2 aliphatic rings. The summed E-state index contributed by atoms with van der Waals surface area (Å²) in [5.41, 5.74) is 4.00. The largest absolute Gasteiger partial charge is 0.454 e. The highest BCUT2D eigenvalue weighted by Gasteiger charge is 2.35. The molecule has 2 aliphatic heterocycles. The van der Waals surface area contributed by atoms with Crippen molar-refractivity contribution in [2.75, 3.05) is 6.79 Å². The van der Waals surface area contributed by atoms with Gasteiger partial charge in [-0.1, -0.05) is 12.1 Å². The number of carbonyl (C=O) groups excluding carboxylic acids is 2. The molecule has 1 saturated heterocycles. The number of rotatable bonds is 5. The van der Waals surface area contributed by atoms with Gasteiger partial charge in [0.15, 0.2) is 11.5 Å². The molecule has 0 atom stereocenters. The van der Waals surface area contributed by atoms with Gasteiger partial charge in [-0.05, 0) is 61.0 Å². The van der Waals surface area contributed by atoms with Crippen LogP contribution in [0.2, 0.25) is 0 Å². The standard InChI is InChI=1S/C24H19N3O6S/c1-14-8-17(15(2)26(14)18-6-7-20-21(11-18)33-13-32-20)10-22-23(28)25(24(29)34-22)12-16-4-3-5-19(9-16)27(30)31/h3-11H,12-13H2,1-2H3. The molecule has 2 amide bonds. The van der Waals surface area contributed by atoms with Gasteiger partial charge in [0, 0.05) is 35.3 Å². The van der Waals surface area contributed by atoms with Crippen molar-refractivity contribution >= 4 is 34.7 Å². The molecule has 0 N–H and O–H groups in total. The number of non-ortho nitro benzene ring substituents is 1. The van der Waals surface area contributed by atoms with E-state index in [1.165, 1.54) is 18.2 Å². The van der Waals surface area contributed by atoms with Crippen molar-refractivity contribution in [3.8, 4) is 17.2 Å². The summed E-state index contributed by atoms with van der Waals surface area (Å²) in [4.78, 5) is 37.5. The van der Waals surface area contributed by atoms with E-state index in [1.54, 1.807) is 12.1 Å². The van der Waals surface area contributed by atoms with E-state index in [1.807, 2.05) is 42.7 Å². The number of aromatic nitrogens is 1. The molecule has 0 spiro atoms. The van der Waals surface area contributed by atoms with Crippen LogP contribution in [0.25, 0.3) is 11.8 Å². The number of fused-ring (bicyclic) bond motifs is 1. The maximum absolute atomic E-state index is 13.0. The topological polar surface area (TPSA) is 104 Å². The molecule has 0 bridgehead atoms. The van der Waals surface area contributed by atoms with Crippen LogP contribution in [-0.4, -0.2) is 32.3 Å². The minimum atomic E-state index is -0.507. The number of thioether (sulfide) groups is 1. The van der Waals surface area contributed by atoms with Crippen molar-refractivity contribution in [3.63, 3.8) is 0 Å². The van der Waals surface area contributed by atoms with E-state index in [4.69, 9.17) is 9.47 Å². The second-order valence-corrected chi connectivity index (χ2v) is 8.89. The van der Waals surface area contributed by atoms with Crippen LogP contribution in [0.4, 0.5) is 10.5 Å². The van der Waals surface area contributed by atoms with E-state index >= 15 is 0 Å². The third-order valence-corrected chi connectivity index (χ3v) is 6.61. The SMILES string of the molecule is Cc1cc(C=C2SC(=O)N(Cc3cccc([N+](=O)[O-])c3)C2=O)c(C)n1-c1ccc2c(c1)OCO2. The molecule has 0 saturated carbocycles. The van der Waals surface area contributed by atoms with Gasteiger partial charge in [-0.2, -0.15) is 0 Å². The molecule has 3 aromatic rings. The first kappa shape index (κ1) is 21.8. The van der Waals surface area contributed by atoms with Gasteiger partial charge < -0.3 is 14.0 Å². The third-order valence-electron chi connectivity index (χ3n) is 5.71. The van der Waals surface area contributed by atoms with Gasteiger partial charge in [-0.25, -0.2) is 0 Å². The van der Waals surface area contributed by atoms with Gasteiger partial charge >= 0.3 is 0 Å². The summed E-state index contributed by atoms with van der Waals surface area (Å²) in [7, 11) is 0. The van der Waals surface area contributed by atoms with E-state index in [0.29, 0.717) is 22.0 Å². The Morgan fingerprint density at radius 1 is 1.09 bits per heavy atom. The molecule has 2 aromatic carbocycles. The second kappa shape index (κ2) is 8.38. The minimum Gasteiger partial charge on any atom is -0.454 e. The number of nitro benzene ring substituents is 1. The van der Waals surface area contributed by atoms with Crippen molar-refractivity contribution in [1.29, 1.82) is 0 Å². The smallest absolute Gasteiger partial charge is 0.293 e. The summed E-state index contributed by atoms with van der Waals surface area (Å²) in [6.07, 6.45) is 1.71. The molecule has 1 aromatic heterocycles. The first-order valence-electron chi connectivity index (χ1n) is 10.4. The van der Waals surface area contributed by atoms with Crippen LogP contribution in [0.15, 0.2) is 53.4 Å². The molecule has 5 rings (SSSR count). The monoisotopic (exact) mass is 477 g/mol. The normalized spacial score (nSPS) is 16.1. The Labute approximate surface area is 198 Å². The number of hydrogen-bond acceptors (Lipinski definition) is 7. The Bertz CT molecular complexity index is 1390. The molecule has 0 unspecified atom stereocenters. The Morgan fingerprint density at radius 2 is 1.88 bits per heavy atom. The van der Waals surface area contributed by atoms with E-state index in [9.17, 15) is 19.7 Å². The predicted octanol–water partition coefficient (Wildman–Crippen LogP) is 4.97. The van der Waals surface area contributed by atoms with Crippen molar-refractivity contribution in [2.24, 2.45) is 0 Å². The van der Waals surface area contributed by atoms with E-state index in [0.717, 1.165) is 39.3 Å². The van der Waals surface area contributed by atoms with Crippen LogP contribution in [0.3, 0.4) is 0 Å². The zero-order chi connectivity index (χ0) is 24.0. The fourth-order valence-electron chi connectivity index (χ4n) is 4.08. The Kier molecular flexibility index (Phi) is 5.37. The van der Waals surface area contributed by atoms with Crippen LogP contribution in [0, 0.1) is 24.0 Å². The first-order chi connectivity index (χ1) is 16.3. The molecular formula is C24H19N3O6S. The number of nitrogens with zero attached hydrogens (tertiary/aromatic N) is 3. The highest BCUT2D eigenvalue weighted by Crippen LogP contribution is 2.37. The number of carbonyl (C=O) groups is 2. The van der Waals surface area contributed by atoms with Crippen molar-refractivity contribution in [3.05, 3.63) is 86.1 Å². The predicted molar refractivity (Wildman–Crippen MR) is 126 cm³/mol. The summed E-state index contributed by atoms with van der Waals surface area (Å²) < 4.78 is 12.9. The number of benzene rings is 2. The van der Waals surface area contributed by atoms with E-state index in [-0.39, 0.29) is 19.0 Å². The summed E-state index contributed by atoms with van der Waals surface area (Å²) in [5.74, 6) is 0.951. The van der Waals surface area contributed by atoms with E-state index in [2.05, 4.69) is 0 Å². The average molecular weight is 477 g/mol. The lowest BCUT2D eigenvalue weighted by molar-refractivity contribution is -0.384. The number of nitro groups is 1. The molecule has 0 radical (unpaired) electrons. The van der Waals surface area contributed by atoms with Crippen LogP contribution >= 0.6 is 11.8 Å². The minimum absolute atomic E-state index is 0.0279. The van der Waals surface area contributed by atoms with E-state index < -0.39 is 16.1 Å². The Hall–Kier alpha value is -4.05. The highest BCUT2D eigenvalue weighted by molar-refractivity contribution is 8.18. The summed E-state index contributed by atoms with van der Waals surface area (Å²) in [6, 6.07) is 13.6. The van der Waals surface area contributed by atoms with Crippen LogP contribution in [0.1, 0.15) is 22.5 Å². The molecule has 3 heterocycles. The van der Waals surface area contributed by atoms with Gasteiger partial charge in [0.05, 0.1) is 16.4 Å². The molecule has 9 nitrogen and oxygen atoms in total.